The van der Waals surface area contributed by atoms with E-state index in [9.17, 15) is 9.59 Å². The Morgan fingerprint density at radius 1 is 0.963 bits per heavy atom. The molecule has 0 fully saturated rings. The van der Waals surface area contributed by atoms with E-state index in [4.69, 9.17) is 0 Å². The number of anilines is 2. The first kappa shape index (κ1) is 20.2. The van der Waals surface area contributed by atoms with E-state index >= 15 is 0 Å². The van der Waals surface area contributed by atoms with Gasteiger partial charge in [0, 0.05) is 24.5 Å². The van der Waals surface area contributed by atoms with Crippen molar-refractivity contribution < 1.29 is 9.59 Å². The van der Waals surface area contributed by atoms with Gasteiger partial charge in [-0.05, 0) is 68.7 Å². The van der Waals surface area contributed by atoms with Gasteiger partial charge in [-0.15, -0.1) is 0 Å². The summed E-state index contributed by atoms with van der Waals surface area (Å²) in [5.41, 5.74) is 6.95. The smallest absolute Gasteiger partial charge is 0.329 e. The molecule has 2 rings (SSSR count). The molecule has 0 atom stereocenters. The molecule has 6 nitrogen and oxygen atoms in total. The first-order valence-electron chi connectivity index (χ1n) is 9.01. The van der Waals surface area contributed by atoms with E-state index in [1.54, 1.807) is 6.07 Å². The van der Waals surface area contributed by atoms with Gasteiger partial charge < -0.3 is 10.2 Å². The highest BCUT2D eigenvalue weighted by atomic mass is 16.2. The summed E-state index contributed by atoms with van der Waals surface area (Å²) >= 11 is 0. The minimum Gasteiger partial charge on any atom is -0.372 e. The van der Waals surface area contributed by atoms with Gasteiger partial charge in [0.15, 0.2) is 0 Å². The van der Waals surface area contributed by atoms with Crippen molar-refractivity contribution >= 4 is 29.4 Å². The van der Waals surface area contributed by atoms with E-state index < -0.39 is 11.8 Å². The van der Waals surface area contributed by atoms with Gasteiger partial charge in [0.25, 0.3) is 0 Å². The van der Waals surface area contributed by atoms with Crippen LogP contribution >= 0.6 is 0 Å². The lowest BCUT2D eigenvalue weighted by Crippen LogP contribution is -2.32. The highest BCUT2D eigenvalue weighted by Gasteiger charge is 2.13. The molecule has 0 radical (unpaired) electrons. The SMILES string of the molecule is CCN(CC)c1ccc(/C=N/NC(=O)C(=O)Nc2ccc(C)c(C)c2)cc1. The maximum Gasteiger partial charge on any atom is 0.329 e. The Balaban J connectivity index is 1.90. The molecule has 0 bridgehead atoms. The Morgan fingerprint density at radius 3 is 2.22 bits per heavy atom. The number of amides is 2. The third kappa shape index (κ3) is 5.67. The van der Waals surface area contributed by atoms with E-state index in [-0.39, 0.29) is 0 Å². The van der Waals surface area contributed by atoms with Gasteiger partial charge in [-0.1, -0.05) is 18.2 Å². The molecule has 6 heteroatoms. The zero-order valence-electron chi connectivity index (χ0n) is 16.2. The van der Waals surface area contributed by atoms with Crippen LogP contribution in [0.5, 0.6) is 0 Å². The average Bonchev–Trinajstić information content (AvgIpc) is 2.66. The highest BCUT2D eigenvalue weighted by Crippen LogP contribution is 2.15. The van der Waals surface area contributed by atoms with Crippen molar-refractivity contribution in [3.8, 4) is 0 Å². The predicted octanol–water partition coefficient (Wildman–Crippen LogP) is 3.24. The van der Waals surface area contributed by atoms with Gasteiger partial charge in [0.1, 0.15) is 0 Å². The molecule has 2 N–H and O–H groups in total. The van der Waals surface area contributed by atoms with Gasteiger partial charge >= 0.3 is 11.8 Å². The molecule has 0 saturated heterocycles. The molecule has 2 amide bonds. The molecular weight excluding hydrogens is 340 g/mol. The van der Waals surface area contributed by atoms with Gasteiger partial charge in [0.2, 0.25) is 0 Å². The van der Waals surface area contributed by atoms with Crippen LogP contribution in [-0.4, -0.2) is 31.1 Å². The summed E-state index contributed by atoms with van der Waals surface area (Å²) in [5.74, 6) is -1.57. The first-order valence-corrected chi connectivity index (χ1v) is 9.01. The predicted molar refractivity (Wildman–Crippen MR) is 110 cm³/mol. The summed E-state index contributed by atoms with van der Waals surface area (Å²) in [7, 11) is 0. The van der Waals surface area contributed by atoms with Crippen molar-refractivity contribution in [3.63, 3.8) is 0 Å². The Kier molecular flexibility index (Phi) is 7.11. The summed E-state index contributed by atoms with van der Waals surface area (Å²) in [6.45, 7) is 10.0. The molecule has 142 valence electrons. The number of carbonyl (C=O) groups excluding carboxylic acids is 2. The number of hydrazone groups is 1. The molecule has 27 heavy (non-hydrogen) atoms. The van der Waals surface area contributed by atoms with Crippen LogP contribution < -0.4 is 15.6 Å². The van der Waals surface area contributed by atoms with Crippen molar-refractivity contribution in [2.75, 3.05) is 23.3 Å². The number of hydrogen-bond donors (Lipinski definition) is 2. The first-order chi connectivity index (χ1) is 12.9. The average molecular weight is 366 g/mol. The molecule has 0 aliphatic carbocycles. The number of nitrogens with zero attached hydrogens (tertiary/aromatic N) is 2. The van der Waals surface area contributed by atoms with Gasteiger partial charge in [-0.25, -0.2) is 5.43 Å². The van der Waals surface area contributed by atoms with E-state index in [0.717, 1.165) is 35.5 Å². The lowest BCUT2D eigenvalue weighted by Gasteiger charge is -2.20. The second kappa shape index (κ2) is 9.52. The van der Waals surface area contributed by atoms with Crippen LogP contribution in [0.1, 0.15) is 30.5 Å². The molecule has 0 saturated carbocycles. The molecule has 2 aromatic carbocycles. The van der Waals surface area contributed by atoms with Gasteiger partial charge in [-0.3, -0.25) is 9.59 Å². The fourth-order valence-corrected chi connectivity index (χ4v) is 2.58. The topological polar surface area (TPSA) is 73.8 Å². The van der Waals surface area contributed by atoms with Crippen LogP contribution in [0.2, 0.25) is 0 Å². The zero-order chi connectivity index (χ0) is 19.8. The molecule has 0 unspecified atom stereocenters. The normalized spacial score (nSPS) is 10.7. The van der Waals surface area contributed by atoms with Crippen molar-refractivity contribution in [2.45, 2.75) is 27.7 Å². The van der Waals surface area contributed by atoms with E-state index in [0.29, 0.717) is 5.69 Å². The fraction of sp³-hybridized carbons (Fsp3) is 0.286. The Morgan fingerprint density at radius 2 is 1.63 bits per heavy atom. The minimum atomic E-state index is -0.816. The molecule has 0 spiro atoms. The monoisotopic (exact) mass is 366 g/mol. The number of aryl methyl sites for hydroxylation is 2. The van der Waals surface area contributed by atoms with Crippen LogP contribution in [-0.2, 0) is 9.59 Å². The van der Waals surface area contributed by atoms with E-state index in [1.807, 2.05) is 50.2 Å². The number of carbonyl (C=O) groups is 2. The minimum absolute atomic E-state index is 0.578. The quantitative estimate of drug-likeness (QED) is 0.468. The zero-order valence-corrected chi connectivity index (χ0v) is 16.2. The number of rotatable bonds is 6. The third-order valence-corrected chi connectivity index (χ3v) is 4.37. The molecule has 0 heterocycles. The van der Waals surface area contributed by atoms with Crippen molar-refractivity contribution in [1.29, 1.82) is 0 Å². The number of hydrogen-bond acceptors (Lipinski definition) is 4. The summed E-state index contributed by atoms with van der Waals surface area (Å²) in [6.07, 6.45) is 1.51. The molecule has 2 aromatic rings. The second-order valence-corrected chi connectivity index (χ2v) is 6.22. The largest absolute Gasteiger partial charge is 0.372 e. The third-order valence-electron chi connectivity index (χ3n) is 4.37. The summed E-state index contributed by atoms with van der Waals surface area (Å²) < 4.78 is 0. The molecule has 0 aliphatic heterocycles. The van der Waals surface area contributed by atoms with E-state index in [1.165, 1.54) is 6.21 Å². The number of benzene rings is 2. The number of nitrogens with one attached hydrogen (secondary N) is 2. The van der Waals surface area contributed by atoms with E-state index in [2.05, 4.69) is 34.6 Å². The molecular formula is C21H26N4O2. The highest BCUT2D eigenvalue weighted by molar-refractivity contribution is 6.39. The Labute approximate surface area is 160 Å². The van der Waals surface area contributed by atoms with Crippen molar-refractivity contribution in [1.82, 2.24) is 5.43 Å². The lowest BCUT2D eigenvalue weighted by molar-refractivity contribution is -0.136. The Bertz CT molecular complexity index is 825. The second-order valence-electron chi connectivity index (χ2n) is 6.22. The lowest BCUT2D eigenvalue weighted by atomic mass is 10.1. The van der Waals surface area contributed by atoms with Gasteiger partial charge in [-0.2, -0.15) is 5.10 Å². The summed E-state index contributed by atoms with van der Waals surface area (Å²) in [5, 5.41) is 6.41. The van der Waals surface area contributed by atoms with Crippen molar-refractivity contribution in [2.24, 2.45) is 5.10 Å². The van der Waals surface area contributed by atoms with Crippen LogP contribution in [0.25, 0.3) is 0 Å². The van der Waals surface area contributed by atoms with Crippen LogP contribution in [0.4, 0.5) is 11.4 Å². The van der Waals surface area contributed by atoms with Crippen LogP contribution in [0.3, 0.4) is 0 Å². The van der Waals surface area contributed by atoms with Crippen LogP contribution in [0.15, 0.2) is 47.6 Å². The summed E-state index contributed by atoms with van der Waals surface area (Å²) in [4.78, 5) is 26.0. The standard InChI is InChI=1S/C21H26N4O2/c1-5-25(6-2)19-11-8-17(9-12-19)14-22-24-21(27)20(26)23-18-10-7-15(3)16(4)13-18/h7-14H,5-6H2,1-4H3,(H,23,26)(H,24,27)/b22-14+. The van der Waals surface area contributed by atoms with Crippen molar-refractivity contribution in [3.05, 3.63) is 59.2 Å². The molecule has 0 aromatic heterocycles. The maximum atomic E-state index is 11.9. The van der Waals surface area contributed by atoms with Crippen LogP contribution in [0, 0.1) is 13.8 Å². The maximum absolute atomic E-state index is 11.9. The summed E-state index contributed by atoms with van der Waals surface area (Å²) in [6, 6.07) is 13.3. The molecule has 0 aliphatic rings. The van der Waals surface area contributed by atoms with Gasteiger partial charge in [0.05, 0.1) is 6.21 Å². The fourth-order valence-electron chi connectivity index (χ4n) is 2.58. The Hall–Kier alpha value is -3.15.